The molecule has 0 amide bonds. The lowest BCUT2D eigenvalue weighted by atomic mass is 9.96. The lowest BCUT2D eigenvalue weighted by molar-refractivity contribution is 0.194. The number of aromatic nitrogens is 3. The Labute approximate surface area is 161 Å². The molecular weight excluding hydrogens is 362 g/mol. The number of hydrogen-bond acceptors (Lipinski definition) is 4. The molecule has 3 aromatic rings. The molecule has 0 aliphatic carbocycles. The number of nitrogens with zero attached hydrogens (tertiary/aromatic N) is 3. The fraction of sp³-hybridized carbons (Fsp3) is 0.286. The molecule has 7 heteroatoms. The Hall–Kier alpha value is -2.93. The van der Waals surface area contributed by atoms with E-state index in [0.29, 0.717) is 30.2 Å². The van der Waals surface area contributed by atoms with Gasteiger partial charge in [0.1, 0.15) is 5.82 Å². The van der Waals surface area contributed by atoms with Crippen molar-refractivity contribution in [2.24, 2.45) is 0 Å². The van der Waals surface area contributed by atoms with Crippen LogP contribution in [-0.2, 0) is 6.54 Å². The first kappa shape index (κ1) is 18.4. The van der Waals surface area contributed by atoms with Gasteiger partial charge in [0.2, 0.25) is 0 Å². The van der Waals surface area contributed by atoms with Gasteiger partial charge in [-0.25, -0.2) is 13.8 Å². The van der Waals surface area contributed by atoms with Crippen LogP contribution in [-0.4, -0.2) is 32.9 Å². The van der Waals surface area contributed by atoms with E-state index in [1.54, 1.807) is 18.5 Å². The molecule has 0 saturated carbocycles. The van der Waals surface area contributed by atoms with Gasteiger partial charge in [-0.1, -0.05) is 12.1 Å². The van der Waals surface area contributed by atoms with Gasteiger partial charge in [-0.15, -0.1) is 0 Å². The number of rotatable bonds is 4. The summed E-state index contributed by atoms with van der Waals surface area (Å²) in [6.07, 6.45) is 5.09. The van der Waals surface area contributed by atoms with Gasteiger partial charge >= 0.3 is 0 Å². The normalized spacial score (nSPS) is 17.6. The Morgan fingerprint density at radius 1 is 1.18 bits per heavy atom. The topological polar surface area (TPSA) is 61.9 Å². The van der Waals surface area contributed by atoms with E-state index in [2.05, 4.69) is 19.9 Å². The van der Waals surface area contributed by atoms with Gasteiger partial charge in [-0.05, 0) is 37.6 Å². The maximum atomic E-state index is 14.0. The van der Waals surface area contributed by atoms with Crippen LogP contribution in [0.4, 0.5) is 8.78 Å². The van der Waals surface area contributed by atoms with Crippen LogP contribution in [0.3, 0.4) is 0 Å². The van der Waals surface area contributed by atoms with Crippen molar-refractivity contribution < 1.29 is 8.78 Å². The summed E-state index contributed by atoms with van der Waals surface area (Å²) in [5, 5.41) is 0. The van der Waals surface area contributed by atoms with E-state index in [-0.39, 0.29) is 11.5 Å². The number of likely N-dealkylation sites (tertiary alicyclic amines) is 1. The predicted octanol–water partition coefficient (Wildman–Crippen LogP) is 3.49. The number of aromatic amines is 1. The number of nitrogens with one attached hydrogen (secondary N) is 1. The fourth-order valence-corrected chi connectivity index (χ4v) is 3.67. The van der Waals surface area contributed by atoms with Crippen molar-refractivity contribution >= 4 is 0 Å². The van der Waals surface area contributed by atoms with Crippen molar-refractivity contribution in [1.29, 1.82) is 0 Å². The molecular formula is C21H20F2N4O. The Morgan fingerprint density at radius 2 is 2.00 bits per heavy atom. The molecule has 1 fully saturated rings. The van der Waals surface area contributed by atoms with Crippen LogP contribution >= 0.6 is 0 Å². The molecule has 1 N–H and O–H groups in total. The second-order valence-electron chi connectivity index (χ2n) is 7.04. The largest absolute Gasteiger partial charge is 0.310 e. The minimum Gasteiger partial charge on any atom is -0.310 e. The first-order valence-electron chi connectivity index (χ1n) is 9.27. The van der Waals surface area contributed by atoms with Crippen molar-refractivity contribution in [3.63, 3.8) is 0 Å². The molecule has 0 radical (unpaired) electrons. The highest BCUT2D eigenvalue weighted by Gasteiger charge is 2.24. The number of piperidine rings is 1. The average Bonchev–Trinajstić information content (AvgIpc) is 2.72. The van der Waals surface area contributed by atoms with E-state index in [4.69, 9.17) is 0 Å². The summed E-state index contributed by atoms with van der Waals surface area (Å²) in [5.74, 6) is -0.971. The zero-order valence-electron chi connectivity index (χ0n) is 15.2. The maximum Gasteiger partial charge on any atom is 0.251 e. The first-order chi connectivity index (χ1) is 13.6. The third-order valence-corrected chi connectivity index (χ3v) is 5.05. The van der Waals surface area contributed by atoms with Crippen LogP contribution in [0.5, 0.6) is 0 Å². The van der Waals surface area contributed by atoms with Gasteiger partial charge in [0, 0.05) is 48.6 Å². The van der Waals surface area contributed by atoms with Gasteiger partial charge < -0.3 is 4.98 Å². The minimum atomic E-state index is -0.831. The number of H-pyrrole nitrogens is 1. The molecule has 1 aliphatic heterocycles. The van der Waals surface area contributed by atoms with Gasteiger partial charge in [-0.2, -0.15) is 0 Å². The lowest BCUT2D eigenvalue weighted by Gasteiger charge is -2.32. The van der Waals surface area contributed by atoms with E-state index >= 15 is 0 Å². The summed E-state index contributed by atoms with van der Waals surface area (Å²) >= 11 is 0. The van der Waals surface area contributed by atoms with Crippen molar-refractivity contribution in [3.05, 3.63) is 82.2 Å². The van der Waals surface area contributed by atoms with Gasteiger partial charge in [0.15, 0.2) is 11.6 Å². The summed E-state index contributed by atoms with van der Waals surface area (Å²) in [7, 11) is 0. The first-order valence-corrected chi connectivity index (χ1v) is 9.27. The van der Waals surface area contributed by atoms with Gasteiger partial charge in [0.05, 0.1) is 5.69 Å². The Bertz CT molecular complexity index is 1020. The molecule has 4 rings (SSSR count). The maximum absolute atomic E-state index is 14.0. The smallest absolute Gasteiger partial charge is 0.251 e. The van der Waals surface area contributed by atoms with E-state index in [1.807, 2.05) is 12.1 Å². The van der Waals surface area contributed by atoms with Crippen molar-refractivity contribution in [2.45, 2.75) is 25.3 Å². The summed E-state index contributed by atoms with van der Waals surface area (Å²) in [6.45, 7) is 1.74. The van der Waals surface area contributed by atoms with Gasteiger partial charge in [-0.3, -0.25) is 14.7 Å². The molecule has 5 nitrogen and oxygen atoms in total. The summed E-state index contributed by atoms with van der Waals surface area (Å²) in [5.41, 5.74) is 1.57. The average molecular weight is 382 g/mol. The van der Waals surface area contributed by atoms with Crippen molar-refractivity contribution in [3.8, 4) is 11.3 Å². The Balaban J connectivity index is 1.56. The minimum absolute atomic E-state index is 0.0276. The molecule has 0 spiro atoms. The van der Waals surface area contributed by atoms with Crippen LogP contribution in [0.1, 0.15) is 30.1 Å². The standard InChI is InChI=1S/C21H20F2N4O/c22-17-5-1-3-15(20(17)23)12-27-10-2-4-16(13-27)21-25-18(11-19(28)26-21)14-6-8-24-9-7-14/h1,3,5-9,11,16H,2,4,10,12-13H2,(H,25,26,28)/t16-/m0/s1. The zero-order valence-corrected chi connectivity index (χ0v) is 15.2. The summed E-state index contributed by atoms with van der Waals surface area (Å²) in [6, 6.07) is 9.34. The third kappa shape index (κ3) is 3.99. The molecule has 1 saturated heterocycles. The fourth-order valence-electron chi connectivity index (χ4n) is 3.67. The van der Waals surface area contributed by atoms with Crippen molar-refractivity contribution in [2.75, 3.05) is 13.1 Å². The van der Waals surface area contributed by atoms with E-state index in [9.17, 15) is 13.6 Å². The SMILES string of the molecule is O=c1cc(-c2ccncc2)nc([C@H]2CCCN(Cc3cccc(F)c3F)C2)[nH]1. The van der Waals surface area contributed by atoms with Crippen LogP contribution < -0.4 is 5.56 Å². The number of benzene rings is 1. The molecule has 0 bridgehead atoms. The number of halogens is 2. The Morgan fingerprint density at radius 3 is 2.82 bits per heavy atom. The van der Waals surface area contributed by atoms with Crippen molar-refractivity contribution in [1.82, 2.24) is 19.9 Å². The molecule has 1 aromatic carbocycles. The van der Waals surface area contributed by atoms with E-state index in [0.717, 1.165) is 31.0 Å². The monoisotopic (exact) mass is 382 g/mol. The van der Waals surface area contributed by atoms with Crippen LogP contribution in [0, 0.1) is 11.6 Å². The third-order valence-electron chi connectivity index (χ3n) is 5.05. The molecule has 1 atom stereocenters. The van der Waals surface area contributed by atoms with Gasteiger partial charge in [0.25, 0.3) is 5.56 Å². The second-order valence-corrected chi connectivity index (χ2v) is 7.04. The summed E-state index contributed by atoms with van der Waals surface area (Å²) < 4.78 is 27.5. The molecule has 1 aliphatic rings. The predicted molar refractivity (Wildman–Crippen MR) is 102 cm³/mol. The highest BCUT2D eigenvalue weighted by atomic mass is 19.2. The Kier molecular flexibility index (Phi) is 5.25. The van der Waals surface area contributed by atoms with Crippen LogP contribution in [0.15, 0.2) is 53.6 Å². The zero-order chi connectivity index (χ0) is 19.5. The molecule has 2 aromatic heterocycles. The molecule has 144 valence electrons. The van der Waals surface area contributed by atoms with Crippen LogP contribution in [0.25, 0.3) is 11.3 Å². The molecule has 0 unspecified atom stereocenters. The lowest BCUT2D eigenvalue weighted by Crippen LogP contribution is -2.35. The molecule has 28 heavy (non-hydrogen) atoms. The second kappa shape index (κ2) is 7.98. The summed E-state index contributed by atoms with van der Waals surface area (Å²) in [4.78, 5) is 25.7. The van der Waals surface area contributed by atoms with E-state index in [1.165, 1.54) is 12.1 Å². The highest BCUT2D eigenvalue weighted by molar-refractivity contribution is 5.57. The quantitative estimate of drug-likeness (QED) is 0.750. The van der Waals surface area contributed by atoms with E-state index < -0.39 is 11.6 Å². The van der Waals surface area contributed by atoms with Crippen LogP contribution in [0.2, 0.25) is 0 Å². The molecule has 3 heterocycles. The number of hydrogen-bond donors (Lipinski definition) is 1. The highest BCUT2D eigenvalue weighted by Crippen LogP contribution is 2.27. The number of pyridine rings is 1.